The zero-order valence-corrected chi connectivity index (χ0v) is 12.3. The van der Waals surface area contributed by atoms with Crippen LogP contribution < -0.4 is 5.32 Å². The summed E-state index contributed by atoms with van der Waals surface area (Å²) in [6, 6.07) is 11.1. The molecule has 0 spiro atoms. The van der Waals surface area contributed by atoms with Crippen LogP contribution in [-0.2, 0) is 9.84 Å². The fourth-order valence-electron chi connectivity index (χ4n) is 2.55. The number of pyridine rings is 1. The predicted octanol–water partition coefficient (Wildman–Crippen LogP) is 1.40. The van der Waals surface area contributed by atoms with E-state index in [4.69, 9.17) is 0 Å². The van der Waals surface area contributed by atoms with E-state index in [1.54, 1.807) is 6.07 Å². The molecule has 0 aliphatic carbocycles. The van der Waals surface area contributed by atoms with Crippen LogP contribution in [0, 0.1) is 5.92 Å². The Morgan fingerprint density at radius 2 is 2.05 bits per heavy atom. The zero-order chi connectivity index (χ0) is 14.9. The van der Waals surface area contributed by atoms with Gasteiger partial charge in [0.15, 0.2) is 9.84 Å². The molecule has 0 bridgehead atoms. The Morgan fingerprint density at radius 1 is 1.24 bits per heavy atom. The number of sulfone groups is 1. The number of para-hydroxylation sites is 1. The quantitative estimate of drug-likeness (QED) is 0.930. The molecule has 1 unspecified atom stereocenters. The Balaban J connectivity index is 1.67. The number of nitrogens with zero attached hydrogens (tertiary/aromatic N) is 1. The van der Waals surface area contributed by atoms with Crippen molar-refractivity contribution in [3.05, 3.63) is 42.1 Å². The Kier molecular flexibility index (Phi) is 3.63. The molecule has 5 nitrogen and oxygen atoms in total. The molecule has 3 rings (SSSR count). The lowest BCUT2D eigenvalue weighted by Crippen LogP contribution is -2.30. The van der Waals surface area contributed by atoms with E-state index in [0.717, 1.165) is 10.9 Å². The van der Waals surface area contributed by atoms with Gasteiger partial charge in [-0.15, -0.1) is 0 Å². The summed E-state index contributed by atoms with van der Waals surface area (Å²) in [7, 11) is -2.90. The first kappa shape index (κ1) is 14.0. The van der Waals surface area contributed by atoms with Crippen molar-refractivity contribution >= 4 is 26.6 Å². The predicted molar refractivity (Wildman–Crippen MR) is 80.8 cm³/mol. The van der Waals surface area contributed by atoms with Crippen LogP contribution in [0.15, 0.2) is 36.4 Å². The minimum Gasteiger partial charge on any atom is -0.350 e. The van der Waals surface area contributed by atoms with Gasteiger partial charge in [0.2, 0.25) is 0 Å². The lowest BCUT2D eigenvalue weighted by Gasteiger charge is -2.09. The Hall–Kier alpha value is -1.95. The minimum absolute atomic E-state index is 0.0133. The second kappa shape index (κ2) is 5.44. The lowest BCUT2D eigenvalue weighted by molar-refractivity contribution is 0.0944. The van der Waals surface area contributed by atoms with E-state index in [1.807, 2.05) is 30.3 Å². The van der Waals surface area contributed by atoms with Gasteiger partial charge in [0.05, 0.1) is 17.0 Å². The number of hydrogen-bond donors (Lipinski definition) is 1. The number of hydrogen-bond acceptors (Lipinski definition) is 4. The number of fused-ring (bicyclic) bond motifs is 1. The van der Waals surface area contributed by atoms with E-state index in [9.17, 15) is 13.2 Å². The van der Waals surface area contributed by atoms with Crippen molar-refractivity contribution < 1.29 is 13.2 Å². The number of aromatic nitrogens is 1. The van der Waals surface area contributed by atoms with Crippen LogP contribution in [0.3, 0.4) is 0 Å². The van der Waals surface area contributed by atoms with E-state index in [2.05, 4.69) is 10.3 Å². The van der Waals surface area contributed by atoms with E-state index in [0.29, 0.717) is 18.7 Å². The van der Waals surface area contributed by atoms with Gasteiger partial charge in [-0.2, -0.15) is 0 Å². The van der Waals surface area contributed by atoms with Crippen LogP contribution in [-0.4, -0.2) is 37.4 Å². The van der Waals surface area contributed by atoms with E-state index in [-0.39, 0.29) is 23.3 Å². The highest BCUT2D eigenvalue weighted by Crippen LogP contribution is 2.17. The normalized spacial score (nSPS) is 20.5. The first-order valence-electron chi connectivity index (χ1n) is 6.88. The molecule has 1 N–H and O–H groups in total. The van der Waals surface area contributed by atoms with Gasteiger partial charge in [-0.25, -0.2) is 13.4 Å². The van der Waals surface area contributed by atoms with Crippen LogP contribution in [0.1, 0.15) is 16.9 Å². The van der Waals surface area contributed by atoms with Gasteiger partial charge in [-0.05, 0) is 24.5 Å². The largest absolute Gasteiger partial charge is 0.350 e. The van der Waals surface area contributed by atoms with Crippen LogP contribution in [0.5, 0.6) is 0 Å². The second-order valence-corrected chi connectivity index (χ2v) is 7.60. The molecule has 1 amide bonds. The van der Waals surface area contributed by atoms with Crippen LogP contribution in [0.2, 0.25) is 0 Å². The molecule has 1 saturated heterocycles. The number of rotatable bonds is 3. The van der Waals surface area contributed by atoms with E-state index in [1.165, 1.54) is 0 Å². The molecular formula is C15H16N2O3S. The summed E-state index contributed by atoms with van der Waals surface area (Å²) in [6.45, 7) is 0.382. The van der Waals surface area contributed by atoms with Crippen LogP contribution >= 0.6 is 0 Å². The molecule has 1 atom stereocenters. The van der Waals surface area contributed by atoms with Gasteiger partial charge in [0.1, 0.15) is 5.69 Å². The molecule has 1 aromatic heterocycles. The van der Waals surface area contributed by atoms with Crippen LogP contribution in [0.25, 0.3) is 10.9 Å². The maximum atomic E-state index is 12.1. The third-order valence-electron chi connectivity index (χ3n) is 3.71. The van der Waals surface area contributed by atoms with E-state index >= 15 is 0 Å². The molecule has 1 aliphatic heterocycles. The van der Waals surface area contributed by atoms with Crippen molar-refractivity contribution in [1.82, 2.24) is 10.3 Å². The third-order valence-corrected chi connectivity index (χ3v) is 5.55. The molecule has 110 valence electrons. The average Bonchev–Trinajstić information content (AvgIpc) is 2.83. The van der Waals surface area contributed by atoms with Gasteiger partial charge in [0, 0.05) is 11.9 Å². The van der Waals surface area contributed by atoms with E-state index < -0.39 is 9.84 Å². The van der Waals surface area contributed by atoms with Crippen molar-refractivity contribution in [2.24, 2.45) is 5.92 Å². The molecule has 2 aromatic rings. The molecule has 6 heteroatoms. The highest BCUT2D eigenvalue weighted by atomic mass is 32.2. The number of carbonyl (C=O) groups is 1. The molecular weight excluding hydrogens is 288 g/mol. The van der Waals surface area contributed by atoms with Gasteiger partial charge in [0.25, 0.3) is 5.91 Å². The lowest BCUT2D eigenvalue weighted by atomic mass is 10.1. The highest BCUT2D eigenvalue weighted by molar-refractivity contribution is 7.91. The summed E-state index contributed by atoms with van der Waals surface area (Å²) in [5.74, 6) is 0.143. The standard InChI is InChI=1S/C15H16N2O3S/c18-15(16-9-11-7-8-21(19,20)10-11)14-6-5-12-3-1-2-4-13(12)17-14/h1-6,11H,7-10H2,(H,16,18). The number of benzene rings is 1. The molecule has 21 heavy (non-hydrogen) atoms. The van der Waals surface area contributed by atoms with Crippen molar-refractivity contribution in [2.75, 3.05) is 18.1 Å². The SMILES string of the molecule is O=C(NCC1CCS(=O)(=O)C1)c1ccc2ccccc2n1. The van der Waals surface area contributed by atoms with Crippen LogP contribution in [0.4, 0.5) is 0 Å². The third kappa shape index (κ3) is 3.21. The first-order valence-corrected chi connectivity index (χ1v) is 8.70. The Bertz CT molecular complexity index is 786. The van der Waals surface area contributed by atoms with Crippen molar-refractivity contribution in [3.63, 3.8) is 0 Å². The van der Waals surface area contributed by atoms with Crippen molar-refractivity contribution in [2.45, 2.75) is 6.42 Å². The fraction of sp³-hybridized carbons (Fsp3) is 0.333. The average molecular weight is 304 g/mol. The first-order chi connectivity index (χ1) is 10.0. The number of carbonyl (C=O) groups excluding carboxylic acids is 1. The monoisotopic (exact) mass is 304 g/mol. The minimum atomic E-state index is -2.90. The molecule has 2 heterocycles. The molecule has 0 saturated carbocycles. The molecule has 1 aromatic carbocycles. The highest BCUT2D eigenvalue weighted by Gasteiger charge is 2.28. The van der Waals surface area contributed by atoms with Gasteiger partial charge < -0.3 is 5.32 Å². The number of nitrogens with one attached hydrogen (secondary N) is 1. The van der Waals surface area contributed by atoms with Gasteiger partial charge in [-0.1, -0.05) is 24.3 Å². The molecule has 1 aliphatic rings. The summed E-state index contributed by atoms with van der Waals surface area (Å²) in [5, 5.41) is 3.76. The van der Waals surface area contributed by atoms with Gasteiger partial charge >= 0.3 is 0 Å². The summed E-state index contributed by atoms with van der Waals surface area (Å²) in [5.41, 5.74) is 1.13. The molecule has 0 radical (unpaired) electrons. The summed E-state index contributed by atoms with van der Waals surface area (Å²) in [4.78, 5) is 16.4. The summed E-state index contributed by atoms with van der Waals surface area (Å²) >= 11 is 0. The second-order valence-electron chi connectivity index (χ2n) is 5.37. The fourth-order valence-corrected chi connectivity index (χ4v) is 4.41. The maximum Gasteiger partial charge on any atom is 0.269 e. The molecule has 1 fully saturated rings. The Labute approximate surface area is 123 Å². The van der Waals surface area contributed by atoms with Crippen molar-refractivity contribution in [1.29, 1.82) is 0 Å². The van der Waals surface area contributed by atoms with Crippen molar-refractivity contribution in [3.8, 4) is 0 Å². The summed E-state index contributed by atoms with van der Waals surface area (Å²) < 4.78 is 22.8. The number of amides is 1. The Morgan fingerprint density at radius 3 is 2.81 bits per heavy atom. The topological polar surface area (TPSA) is 76.1 Å². The van der Waals surface area contributed by atoms with Gasteiger partial charge in [-0.3, -0.25) is 4.79 Å². The smallest absolute Gasteiger partial charge is 0.269 e. The maximum absolute atomic E-state index is 12.1. The zero-order valence-electron chi connectivity index (χ0n) is 11.5. The summed E-state index contributed by atoms with van der Waals surface area (Å²) in [6.07, 6.45) is 0.619.